The Morgan fingerprint density at radius 2 is 2.00 bits per heavy atom. The van der Waals surface area contributed by atoms with Gasteiger partial charge in [-0.15, -0.1) is 0 Å². The van der Waals surface area contributed by atoms with Crippen molar-refractivity contribution < 1.29 is 23.8 Å². The summed E-state index contributed by atoms with van der Waals surface area (Å²) in [5.74, 6) is -1.10. The van der Waals surface area contributed by atoms with Gasteiger partial charge in [-0.2, -0.15) is 0 Å². The molecule has 18 heavy (non-hydrogen) atoms. The summed E-state index contributed by atoms with van der Waals surface area (Å²) in [4.78, 5) is 22.3. The molecule has 0 heterocycles. The Morgan fingerprint density at radius 3 is 2.50 bits per heavy atom. The Bertz CT molecular complexity index is 309. The van der Waals surface area contributed by atoms with Crippen LogP contribution < -0.4 is 0 Å². The van der Waals surface area contributed by atoms with E-state index in [1.807, 2.05) is 6.92 Å². The van der Waals surface area contributed by atoms with Crippen molar-refractivity contribution in [2.75, 3.05) is 19.8 Å². The molecule has 0 aliphatic heterocycles. The van der Waals surface area contributed by atoms with Crippen LogP contribution in [-0.4, -0.2) is 37.9 Å². The molecule has 5 heteroatoms. The van der Waals surface area contributed by atoms with Crippen molar-refractivity contribution >= 4 is 11.9 Å². The van der Waals surface area contributed by atoms with Crippen LogP contribution >= 0.6 is 0 Å². The van der Waals surface area contributed by atoms with Crippen molar-refractivity contribution in [1.29, 1.82) is 0 Å². The van der Waals surface area contributed by atoms with Gasteiger partial charge in [0.25, 0.3) is 0 Å². The number of hydrogen-bond donors (Lipinski definition) is 0. The monoisotopic (exact) mass is 256 g/mol. The highest BCUT2D eigenvalue weighted by molar-refractivity contribution is 5.87. The van der Waals surface area contributed by atoms with Crippen molar-refractivity contribution in [2.45, 2.75) is 26.4 Å². The lowest BCUT2D eigenvalue weighted by Gasteiger charge is -2.17. The summed E-state index contributed by atoms with van der Waals surface area (Å²) in [5.41, 5.74) is 0.283. The van der Waals surface area contributed by atoms with Gasteiger partial charge in [0.2, 0.25) is 0 Å². The van der Waals surface area contributed by atoms with Crippen LogP contribution in [0.1, 0.15) is 20.3 Å². The first-order valence-corrected chi connectivity index (χ1v) is 5.74. The molecule has 0 N–H and O–H groups in total. The van der Waals surface area contributed by atoms with E-state index in [0.717, 1.165) is 12.5 Å². The molecule has 0 aromatic heterocycles. The SMILES string of the molecule is C=CC(=O)OCC(COCCC)OC(=O)C(=C)C. The zero-order valence-electron chi connectivity index (χ0n) is 10.9. The van der Waals surface area contributed by atoms with Crippen LogP contribution in [0.25, 0.3) is 0 Å². The maximum atomic E-state index is 11.4. The Kier molecular flexibility index (Phi) is 8.57. The van der Waals surface area contributed by atoms with E-state index in [9.17, 15) is 9.59 Å². The number of esters is 2. The van der Waals surface area contributed by atoms with Gasteiger partial charge in [0, 0.05) is 18.3 Å². The number of carbonyl (C=O) groups is 2. The Hall–Kier alpha value is -1.62. The maximum absolute atomic E-state index is 11.4. The molecule has 0 spiro atoms. The van der Waals surface area contributed by atoms with Crippen LogP contribution in [0, 0.1) is 0 Å². The Labute approximate surface area is 107 Å². The molecule has 0 aromatic rings. The first kappa shape index (κ1) is 16.4. The second-order valence-electron chi connectivity index (χ2n) is 3.72. The molecule has 0 aliphatic rings. The van der Waals surface area contributed by atoms with Crippen LogP contribution in [0.2, 0.25) is 0 Å². The largest absolute Gasteiger partial charge is 0.458 e. The third-order valence-corrected chi connectivity index (χ3v) is 1.85. The number of hydrogen-bond acceptors (Lipinski definition) is 5. The zero-order valence-corrected chi connectivity index (χ0v) is 10.9. The molecule has 1 atom stereocenters. The second-order valence-corrected chi connectivity index (χ2v) is 3.72. The molecule has 0 radical (unpaired) electrons. The van der Waals surface area contributed by atoms with E-state index in [1.165, 1.54) is 0 Å². The molecular weight excluding hydrogens is 236 g/mol. The van der Waals surface area contributed by atoms with Gasteiger partial charge in [0.1, 0.15) is 6.61 Å². The average molecular weight is 256 g/mol. The highest BCUT2D eigenvalue weighted by atomic mass is 16.6. The van der Waals surface area contributed by atoms with Crippen molar-refractivity contribution in [3.05, 3.63) is 24.8 Å². The van der Waals surface area contributed by atoms with Crippen LogP contribution in [0.3, 0.4) is 0 Å². The molecule has 1 unspecified atom stereocenters. The van der Waals surface area contributed by atoms with Gasteiger partial charge in [-0.05, 0) is 13.3 Å². The van der Waals surface area contributed by atoms with Gasteiger partial charge in [-0.25, -0.2) is 9.59 Å². The molecule has 5 nitrogen and oxygen atoms in total. The van der Waals surface area contributed by atoms with E-state index in [2.05, 4.69) is 13.2 Å². The molecule has 0 bridgehead atoms. The number of carbonyl (C=O) groups excluding carboxylic acids is 2. The van der Waals surface area contributed by atoms with E-state index in [1.54, 1.807) is 6.92 Å². The third kappa shape index (κ3) is 7.62. The molecular formula is C13H20O5. The predicted molar refractivity (Wildman–Crippen MR) is 67.0 cm³/mol. The minimum absolute atomic E-state index is 0.0619. The highest BCUT2D eigenvalue weighted by Gasteiger charge is 2.17. The lowest BCUT2D eigenvalue weighted by Crippen LogP contribution is -2.29. The van der Waals surface area contributed by atoms with Gasteiger partial charge in [0.05, 0.1) is 6.61 Å². The maximum Gasteiger partial charge on any atom is 0.333 e. The van der Waals surface area contributed by atoms with Crippen LogP contribution in [0.5, 0.6) is 0 Å². The third-order valence-electron chi connectivity index (χ3n) is 1.85. The fraction of sp³-hybridized carbons (Fsp3) is 0.538. The van der Waals surface area contributed by atoms with Gasteiger partial charge >= 0.3 is 11.9 Å². The van der Waals surface area contributed by atoms with E-state index in [-0.39, 0.29) is 18.8 Å². The fourth-order valence-electron chi connectivity index (χ4n) is 0.961. The van der Waals surface area contributed by atoms with Crippen LogP contribution in [-0.2, 0) is 23.8 Å². The van der Waals surface area contributed by atoms with E-state index in [4.69, 9.17) is 14.2 Å². The van der Waals surface area contributed by atoms with Gasteiger partial charge in [-0.1, -0.05) is 20.1 Å². The van der Waals surface area contributed by atoms with Crippen molar-refractivity contribution in [2.24, 2.45) is 0 Å². The van der Waals surface area contributed by atoms with Crippen molar-refractivity contribution in [3.63, 3.8) is 0 Å². The molecule has 0 amide bonds. The highest BCUT2D eigenvalue weighted by Crippen LogP contribution is 2.02. The first-order chi connectivity index (χ1) is 8.51. The van der Waals surface area contributed by atoms with Crippen molar-refractivity contribution in [3.8, 4) is 0 Å². The Balaban J connectivity index is 4.22. The van der Waals surface area contributed by atoms with E-state index >= 15 is 0 Å². The van der Waals surface area contributed by atoms with Gasteiger partial charge in [-0.3, -0.25) is 0 Å². The van der Waals surface area contributed by atoms with E-state index < -0.39 is 18.0 Å². The fourth-order valence-corrected chi connectivity index (χ4v) is 0.961. The number of rotatable bonds is 9. The lowest BCUT2D eigenvalue weighted by atomic mass is 10.3. The normalized spacial score (nSPS) is 11.4. The molecule has 0 fully saturated rings. The standard InChI is InChI=1S/C13H20O5/c1-5-7-16-8-11(9-17-12(14)6-2)18-13(15)10(3)4/h6,11H,2-3,5,7-9H2,1,4H3. The summed E-state index contributed by atoms with van der Waals surface area (Å²) in [6, 6.07) is 0. The minimum Gasteiger partial charge on any atom is -0.458 e. The predicted octanol–water partition coefficient (Wildman–Crippen LogP) is 1.63. The molecule has 0 rings (SSSR count). The summed E-state index contributed by atoms with van der Waals surface area (Å²) in [6.45, 7) is 10.9. The summed E-state index contributed by atoms with van der Waals surface area (Å²) >= 11 is 0. The van der Waals surface area contributed by atoms with Gasteiger partial charge < -0.3 is 14.2 Å². The molecule has 102 valence electrons. The second kappa shape index (κ2) is 9.41. The molecule has 0 saturated carbocycles. The summed E-state index contributed by atoms with van der Waals surface area (Å²) in [5, 5.41) is 0. The average Bonchev–Trinajstić information content (AvgIpc) is 2.35. The summed E-state index contributed by atoms with van der Waals surface area (Å²) in [7, 11) is 0. The van der Waals surface area contributed by atoms with E-state index in [0.29, 0.717) is 6.61 Å². The van der Waals surface area contributed by atoms with Crippen LogP contribution in [0.4, 0.5) is 0 Å². The molecule has 0 aliphatic carbocycles. The molecule has 0 saturated heterocycles. The first-order valence-electron chi connectivity index (χ1n) is 5.74. The summed E-state index contributed by atoms with van der Waals surface area (Å²) < 4.78 is 15.2. The quantitative estimate of drug-likeness (QED) is 0.356. The minimum atomic E-state index is -0.635. The summed E-state index contributed by atoms with van der Waals surface area (Å²) in [6.07, 6.45) is 1.27. The smallest absolute Gasteiger partial charge is 0.333 e. The number of ether oxygens (including phenoxy) is 3. The Morgan fingerprint density at radius 1 is 1.33 bits per heavy atom. The zero-order chi connectivity index (χ0) is 14.0. The lowest BCUT2D eigenvalue weighted by molar-refractivity contribution is -0.157. The van der Waals surface area contributed by atoms with Crippen LogP contribution in [0.15, 0.2) is 24.8 Å². The van der Waals surface area contributed by atoms with Gasteiger partial charge in [0.15, 0.2) is 6.10 Å². The topological polar surface area (TPSA) is 61.8 Å². The van der Waals surface area contributed by atoms with Crippen molar-refractivity contribution in [1.82, 2.24) is 0 Å². The molecule has 0 aromatic carbocycles.